The van der Waals surface area contributed by atoms with Gasteiger partial charge in [0.1, 0.15) is 16.5 Å². The first-order chi connectivity index (χ1) is 13.8. The van der Waals surface area contributed by atoms with E-state index in [0.717, 1.165) is 22.0 Å². The van der Waals surface area contributed by atoms with Crippen molar-refractivity contribution in [2.24, 2.45) is 0 Å². The summed E-state index contributed by atoms with van der Waals surface area (Å²) in [4.78, 5) is 13.6. The molecule has 29 heavy (non-hydrogen) atoms. The molecule has 0 spiro atoms. The van der Waals surface area contributed by atoms with Gasteiger partial charge in [-0.2, -0.15) is 4.31 Å². The van der Waals surface area contributed by atoms with Crippen molar-refractivity contribution < 1.29 is 22.0 Å². The third kappa shape index (κ3) is 5.15. The van der Waals surface area contributed by atoms with Crippen LogP contribution in [0.25, 0.3) is 0 Å². The molecule has 1 fully saturated rings. The molecular formula is C20H22F2N2O3S2. The SMILES string of the molecule is CC(SCc1ccccc1)C(=O)N1CCN(S(=O)(=O)c2cc(F)ccc2F)CC1. The molecule has 1 amide bonds. The molecule has 1 atom stereocenters. The van der Waals surface area contributed by atoms with Crippen molar-refractivity contribution in [3.05, 3.63) is 65.7 Å². The zero-order valence-corrected chi connectivity index (χ0v) is 17.6. The molecule has 0 radical (unpaired) electrons. The summed E-state index contributed by atoms with van der Waals surface area (Å²) in [5.74, 6) is -1.15. The molecule has 0 aliphatic carbocycles. The lowest BCUT2D eigenvalue weighted by Gasteiger charge is -2.35. The Morgan fingerprint density at radius 2 is 1.72 bits per heavy atom. The van der Waals surface area contributed by atoms with E-state index in [1.807, 2.05) is 37.3 Å². The fourth-order valence-electron chi connectivity index (χ4n) is 3.09. The smallest absolute Gasteiger partial charge is 0.246 e. The summed E-state index contributed by atoms with van der Waals surface area (Å²) in [6.45, 7) is 2.35. The van der Waals surface area contributed by atoms with Gasteiger partial charge in [0.2, 0.25) is 15.9 Å². The van der Waals surface area contributed by atoms with E-state index >= 15 is 0 Å². The number of thioether (sulfide) groups is 1. The molecule has 1 aliphatic heterocycles. The van der Waals surface area contributed by atoms with Crippen molar-refractivity contribution in [3.63, 3.8) is 0 Å². The van der Waals surface area contributed by atoms with E-state index in [1.54, 1.807) is 4.90 Å². The van der Waals surface area contributed by atoms with Gasteiger partial charge in [-0.25, -0.2) is 17.2 Å². The Hall–Kier alpha value is -1.97. The van der Waals surface area contributed by atoms with Crippen LogP contribution in [-0.2, 0) is 20.6 Å². The van der Waals surface area contributed by atoms with Gasteiger partial charge in [-0.05, 0) is 30.7 Å². The largest absolute Gasteiger partial charge is 0.339 e. The molecule has 0 aromatic heterocycles. The van der Waals surface area contributed by atoms with E-state index in [9.17, 15) is 22.0 Å². The van der Waals surface area contributed by atoms with Crippen LogP contribution in [0.4, 0.5) is 8.78 Å². The van der Waals surface area contributed by atoms with Crippen LogP contribution in [0.5, 0.6) is 0 Å². The summed E-state index contributed by atoms with van der Waals surface area (Å²) in [6.07, 6.45) is 0. The average molecular weight is 441 g/mol. The molecule has 2 aromatic rings. The Labute approximate surface area is 173 Å². The van der Waals surface area contributed by atoms with Gasteiger partial charge in [-0.3, -0.25) is 4.79 Å². The number of benzene rings is 2. The van der Waals surface area contributed by atoms with Crippen LogP contribution in [0.1, 0.15) is 12.5 Å². The number of sulfonamides is 1. The number of halogens is 2. The predicted octanol–water partition coefficient (Wildman–Crippen LogP) is 3.12. The van der Waals surface area contributed by atoms with Crippen LogP contribution in [0.3, 0.4) is 0 Å². The number of hydrogen-bond donors (Lipinski definition) is 0. The minimum Gasteiger partial charge on any atom is -0.339 e. The fourth-order valence-corrected chi connectivity index (χ4v) is 5.51. The van der Waals surface area contributed by atoms with Gasteiger partial charge in [0.15, 0.2) is 0 Å². The third-order valence-electron chi connectivity index (χ3n) is 4.75. The maximum Gasteiger partial charge on any atom is 0.246 e. The minimum absolute atomic E-state index is 0.0418. The molecule has 0 N–H and O–H groups in total. The third-order valence-corrected chi connectivity index (χ3v) is 7.87. The molecule has 1 heterocycles. The van der Waals surface area contributed by atoms with E-state index in [2.05, 4.69) is 0 Å². The normalized spacial score (nSPS) is 16.6. The molecule has 156 valence electrons. The van der Waals surface area contributed by atoms with Crippen molar-refractivity contribution >= 4 is 27.7 Å². The molecule has 2 aromatic carbocycles. The van der Waals surface area contributed by atoms with E-state index in [-0.39, 0.29) is 37.3 Å². The highest BCUT2D eigenvalue weighted by molar-refractivity contribution is 7.99. The van der Waals surface area contributed by atoms with E-state index < -0.39 is 26.6 Å². The predicted molar refractivity (Wildman–Crippen MR) is 109 cm³/mol. The first-order valence-electron chi connectivity index (χ1n) is 9.18. The Balaban J connectivity index is 1.58. The number of nitrogens with zero attached hydrogens (tertiary/aromatic N) is 2. The van der Waals surface area contributed by atoms with Crippen LogP contribution in [0.15, 0.2) is 53.4 Å². The minimum atomic E-state index is -4.16. The second-order valence-electron chi connectivity index (χ2n) is 6.74. The van der Waals surface area contributed by atoms with Crippen LogP contribution in [-0.4, -0.2) is 55.0 Å². The highest BCUT2D eigenvalue weighted by atomic mass is 32.2. The van der Waals surface area contributed by atoms with Gasteiger partial charge >= 0.3 is 0 Å². The number of amides is 1. The number of piperazine rings is 1. The monoisotopic (exact) mass is 440 g/mol. The lowest BCUT2D eigenvalue weighted by molar-refractivity contribution is -0.131. The molecule has 3 rings (SSSR count). The summed E-state index contributed by atoms with van der Waals surface area (Å²) < 4.78 is 53.7. The maximum absolute atomic E-state index is 13.9. The summed E-state index contributed by atoms with van der Waals surface area (Å²) >= 11 is 1.52. The molecule has 1 aliphatic rings. The topological polar surface area (TPSA) is 57.7 Å². The molecule has 1 saturated heterocycles. The first kappa shape index (κ1) is 21.7. The number of carbonyl (C=O) groups is 1. The zero-order chi connectivity index (χ0) is 21.0. The van der Waals surface area contributed by atoms with E-state index in [4.69, 9.17) is 0 Å². The Bertz CT molecular complexity index is 963. The molecular weight excluding hydrogens is 418 g/mol. The maximum atomic E-state index is 13.9. The summed E-state index contributed by atoms with van der Waals surface area (Å²) in [5, 5.41) is -0.265. The number of rotatable bonds is 6. The van der Waals surface area contributed by atoms with Gasteiger partial charge < -0.3 is 4.90 Å². The lowest BCUT2D eigenvalue weighted by atomic mass is 10.2. The lowest BCUT2D eigenvalue weighted by Crippen LogP contribution is -2.52. The molecule has 0 bridgehead atoms. The Morgan fingerprint density at radius 1 is 1.07 bits per heavy atom. The first-order valence-corrected chi connectivity index (χ1v) is 11.7. The van der Waals surface area contributed by atoms with Crippen molar-refractivity contribution in [1.29, 1.82) is 0 Å². The van der Waals surface area contributed by atoms with Crippen molar-refractivity contribution in [3.8, 4) is 0 Å². The molecule has 1 unspecified atom stereocenters. The highest BCUT2D eigenvalue weighted by Gasteiger charge is 2.33. The fraction of sp³-hybridized carbons (Fsp3) is 0.350. The van der Waals surface area contributed by atoms with Crippen LogP contribution < -0.4 is 0 Å². The molecule has 0 saturated carbocycles. The summed E-state index contributed by atoms with van der Waals surface area (Å²) in [5.41, 5.74) is 1.13. The molecule has 5 nitrogen and oxygen atoms in total. The van der Waals surface area contributed by atoms with Gasteiger partial charge in [0, 0.05) is 31.9 Å². The second kappa shape index (κ2) is 9.23. The van der Waals surface area contributed by atoms with Gasteiger partial charge in [0.05, 0.1) is 5.25 Å². The van der Waals surface area contributed by atoms with E-state index in [0.29, 0.717) is 11.8 Å². The van der Waals surface area contributed by atoms with Crippen molar-refractivity contribution in [1.82, 2.24) is 9.21 Å². The quantitative estimate of drug-likeness (QED) is 0.693. The summed E-state index contributed by atoms with van der Waals surface area (Å²) in [6, 6.07) is 12.2. The number of hydrogen-bond acceptors (Lipinski definition) is 4. The van der Waals surface area contributed by atoms with Gasteiger partial charge in [-0.15, -0.1) is 11.8 Å². The van der Waals surface area contributed by atoms with Gasteiger partial charge in [-0.1, -0.05) is 30.3 Å². The van der Waals surface area contributed by atoms with Crippen LogP contribution >= 0.6 is 11.8 Å². The average Bonchev–Trinajstić information content (AvgIpc) is 2.74. The highest BCUT2D eigenvalue weighted by Crippen LogP contribution is 2.23. The standard InChI is InChI=1S/C20H22F2N2O3S2/c1-15(28-14-16-5-3-2-4-6-16)20(25)23-9-11-24(12-10-23)29(26,27)19-13-17(21)7-8-18(19)22/h2-8,13,15H,9-12,14H2,1H3. The van der Waals surface area contributed by atoms with Crippen LogP contribution in [0, 0.1) is 11.6 Å². The zero-order valence-electron chi connectivity index (χ0n) is 15.9. The van der Waals surface area contributed by atoms with Crippen molar-refractivity contribution in [2.45, 2.75) is 22.8 Å². The Kier molecular flexibility index (Phi) is 6.92. The van der Waals surface area contributed by atoms with Crippen LogP contribution in [0.2, 0.25) is 0 Å². The summed E-state index contributed by atoms with van der Waals surface area (Å²) in [7, 11) is -4.16. The Morgan fingerprint density at radius 3 is 2.38 bits per heavy atom. The van der Waals surface area contributed by atoms with Gasteiger partial charge in [0.25, 0.3) is 0 Å². The number of carbonyl (C=O) groups excluding carboxylic acids is 1. The second-order valence-corrected chi connectivity index (χ2v) is 9.98. The van der Waals surface area contributed by atoms with Crippen molar-refractivity contribution in [2.75, 3.05) is 26.2 Å². The van der Waals surface area contributed by atoms with E-state index in [1.165, 1.54) is 11.8 Å². The molecule has 9 heteroatoms.